The SMILES string of the molecule is CN(C)CCN1C(=O)[C@@H](O)C(c2ccc(O)cc2)Sc2ccccc21. The van der Waals surface area contributed by atoms with E-state index < -0.39 is 11.4 Å². The van der Waals surface area contributed by atoms with E-state index in [1.54, 1.807) is 29.2 Å². The first-order valence-corrected chi connectivity index (χ1v) is 9.04. The van der Waals surface area contributed by atoms with Crippen LogP contribution >= 0.6 is 11.8 Å². The van der Waals surface area contributed by atoms with Crippen LogP contribution in [0.4, 0.5) is 5.69 Å². The van der Waals surface area contributed by atoms with Crippen molar-refractivity contribution in [2.75, 3.05) is 32.1 Å². The first kappa shape index (κ1) is 17.8. The van der Waals surface area contributed by atoms with Crippen molar-refractivity contribution in [2.45, 2.75) is 16.2 Å². The number of likely N-dealkylation sites (N-methyl/N-ethyl adjacent to an activating group) is 1. The smallest absolute Gasteiger partial charge is 0.257 e. The third-order valence-corrected chi connectivity index (χ3v) is 5.59. The average molecular weight is 358 g/mol. The maximum absolute atomic E-state index is 13.0. The van der Waals surface area contributed by atoms with Crippen molar-refractivity contribution in [1.82, 2.24) is 4.90 Å². The Bertz CT molecular complexity index is 749. The van der Waals surface area contributed by atoms with E-state index in [4.69, 9.17) is 0 Å². The number of para-hydroxylation sites is 1. The van der Waals surface area contributed by atoms with E-state index in [0.29, 0.717) is 13.1 Å². The van der Waals surface area contributed by atoms with Crippen LogP contribution in [-0.2, 0) is 4.79 Å². The molecule has 0 aromatic heterocycles. The summed E-state index contributed by atoms with van der Waals surface area (Å²) in [6, 6.07) is 14.4. The number of hydrogen-bond donors (Lipinski definition) is 2. The average Bonchev–Trinajstić information content (AvgIpc) is 2.70. The molecule has 2 N–H and O–H groups in total. The van der Waals surface area contributed by atoms with E-state index in [-0.39, 0.29) is 11.7 Å². The van der Waals surface area contributed by atoms with Gasteiger partial charge in [0.15, 0.2) is 0 Å². The highest BCUT2D eigenvalue weighted by Crippen LogP contribution is 2.45. The van der Waals surface area contributed by atoms with Gasteiger partial charge >= 0.3 is 0 Å². The maximum atomic E-state index is 13.0. The summed E-state index contributed by atoms with van der Waals surface area (Å²) in [6.07, 6.45) is -1.15. The third kappa shape index (κ3) is 3.81. The van der Waals surface area contributed by atoms with E-state index in [1.165, 1.54) is 11.8 Å². The number of aliphatic hydroxyl groups is 1. The second-order valence-electron chi connectivity index (χ2n) is 6.34. The minimum atomic E-state index is -1.15. The summed E-state index contributed by atoms with van der Waals surface area (Å²) >= 11 is 1.48. The van der Waals surface area contributed by atoms with E-state index in [0.717, 1.165) is 16.1 Å². The lowest BCUT2D eigenvalue weighted by Gasteiger charge is -2.26. The molecule has 5 nitrogen and oxygen atoms in total. The van der Waals surface area contributed by atoms with Gasteiger partial charge in [-0.15, -0.1) is 11.8 Å². The molecule has 0 saturated carbocycles. The lowest BCUT2D eigenvalue weighted by Crippen LogP contribution is -2.43. The molecule has 6 heteroatoms. The second-order valence-corrected chi connectivity index (χ2v) is 7.52. The molecule has 0 bridgehead atoms. The van der Waals surface area contributed by atoms with Crippen LogP contribution in [-0.4, -0.2) is 54.3 Å². The standard InChI is InChI=1S/C19H22N2O3S/c1-20(2)11-12-21-15-5-3-4-6-16(15)25-18(17(23)19(21)24)13-7-9-14(22)10-8-13/h3-10,17-18,22-23H,11-12H2,1-2H3/t17-,18?/m0/s1. The molecule has 2 atom stereocenters. The van der Waals surface area contributed by atoms with Crippen LogP contribution < -0.4 is 4.90 Å². The lowest BCUT2D eigenvalue weighted by molar-refractivity contribution is -0.126. The van der Waals surface area contributed by atoms with Gasteiger partial charge in [0.2, 0.25) is 0 Å². The van der Waals surface area contributed by atoms with Gasteiger partial charge in [0.1, 0.15) is 11.9 Å². The molecule has 132 valence electrons. The first-order chi connectivity index (χ1) is 12.0. The molecule has 1 aliphatic heterocycles. The number of phenolic OH excluding ortho intramolecular Hbond substituents is 1. The van der Waals surface area contributed by atoms with Crippen LogP contribution in [0.1, 0.15) is 10.8 Å². The number of rotatable bonds is 4. The van der Waals surface area contributed by atoms with Crippen LogP contribution in [0, 0.1) is 0 Å². The Kier molecular flexibility index (Phi) is 5.32. The monoisotopic (exact) mass is 358 g/mol. The minimum Gasteiger partial charge on any atom is -0.508 e. The summed E-state index contributed by atoms with van der Waals surface area (Å²) in [6.45, 7) is 1.23. The zero-order valence-corrected chi connectivity index (χ0v) is 15.1. The van der Waals surface area contributed by atoms with Crippen LogP contribution in [0.25, 0.3) is 0 Å². The predicted octanol–water partition coefficient (Wildman–Crippen LogP) is 2.49. The summed E-state index contributed by atoms with van der Waals surface area (Å²) in [5.41, 5.74) is 1.65. The minimum absolute atomic E-state index is 0.163. The molecule has 2 aromatic rings. The number of benzene rings is 2. The maximum Gasteiger partial charge on any atom is 0.257 e. The summed E-state index contributed by atoms with van der Waals surface area (Å²) in [7, 11) is 3.91. The van der Waals surface area contributed by atoms with Crippen LogP contribution in [0.2, 0.25) is 0 Å². The fourth-order valence-corrected chi connectivity index (χ4v) is 4.10. The number of phenols is 1. The Balaban J connectivity index is 1.99. The number of aliphatic hydroxyl groups excluding tert-OH is 1. The molecule has 1 heterocycles. The number of fused-ring (bicyclic) bond motifs is 1. The number of anilines is 1. The topological polar surface area (TPSA) is 64.0 Å². The Hall–Kier alpha value is -2.02. The fourth-order valence-electron chi connectivity index (χ4n) is 2.83. The number of aromatic hydroxyl groups is 1. The summed E-state index contributed by atoms with van der Waals surface area (Å²) in [5, 5.41) is 19.8. The molecule has 25 heavy (non-hydrogen) atoms. The van der Waals surface area contributed by atoms with Crippen molar-refractivity contribution in [2.24, 2.45) is 0 Å². The zero-order chi connectivity index (χ0) is 18.0. The first-order valence-electron chi connectivity index (χ1n) is 8.16. The van der Waals surface area contributed by atoms with Gasteiger partial charge in [-0.1, -0.05) is 24.3 Å². The number of carbonyl (C=O) groups is 1. The van der Waals surface area contributed by atoms with Gasteiger partial charge in [-0.2, -0.15) is 0 Å². The van der Waals surface area contributed by atoms with Crippen LogP contribution in [0.3, 0.4) is 0 Å². The second kappa shape index (κ2) is 7.47. The number of carbonyl (C=O) groups excluding carboxylic acids is 1. The van der Waals surface area contributed by atoms with Crippen molar-refractivity contribution in [1.29, 1.82) is 0 Å². The van der Waals surface area contributed by atoms with Crippen LogP contribution in [0.15, 0.2) is 53.4 Å². The van der Waals surface area contributed by atoms with Gasteiger partial charge in [0.05, 0.1) is 10.9 Å². The van der Waals surface area contributed by atoms with Gasteiger partial charge in [0.25, 0.3) is 5.91 Å². The molecular weight excluding hydrogens is 336 g/mol. The molecule has 0 spiro atoms. The van der Waals surface area contributed by atoms with Crippen molar-refractivity contribution in [3.05, 3.63) is 54.1 Å². The quantitative estimate of drug-likeness (QED) is 0.879. The van der Waals surface area contributed by atoms with Gasteiger partial charge in [-0.05, 0) is 43.9 Å². The number of thioether (sulfide) groups is 1. The molecule has 1 amide bonds. The van der Waals surface area contributed by atoms with E-state index in [1.807, 2.05) is 43.3 Å². The molecule has 0 aliphatic carbocycles. The normalized spacial score (nSPS) is 20.5. The molecule has 1 unspecified atom stereocenters. The van der Waals surface area contributed by atoms with Crippen molar-refractivity contribution < 1.29 is 15.0 Å². The molecule has 2 aromatic carbocycles. The molecule has 0 saturated heterocycles. The van der Waals surface area contributed by atoms with Gasteiger partial charge in [0, 0.05) is 18.0 Å². The van der Waals surface area contributed by atoms with Crippen molar-refractivity contribution >= 4 is 23.4 Å². The number of hydrogen-bond acceptors (Lipinski definition) is 5. The van der Waals surface area contributed by atoms with Crippen molar-refractivity contribution in [3.63, 3.8) is 0 Å². The Labute approximate surface area is 151 Å². The summed E-state index contributed by atoms with van der Waals surface area (Å²) in [5.74, 6) is -0.131. The number of amides is 1. The van der Waals surface area contributed by atoms with Crippen molar-refractivity contribution in [3.8, 4) is 5.75 Å². The van der Waals surface area contributed by atoms with E-state index in [2.05, 4.69) is 0 Å². The van der Waals surface area contributed by atoms with Crippen LogP contribution in [0.5, 0.6) is 5.75 Å². The Morgan fingerprint density at radius 1 is 1.12 bits per heavy atom. The molecule has 0 radical (unpaired) electrons. The predicted molar refractivity (Wildman–Crippen MR) is 100 cm³/mol. The summed E-state index contributed by atoms with van der Waals surface area (Å²) in [4.78, 5) is 17.6. The summed E-state index contributed by atoms with van der Waals surface area (Å²) < 4.78 is 0. The zero-order valence-electron chi connectivity index (χ0n) is 14.3. The number of nitrogens with zero attached hydrogens (tertiary/aromatic N) is 2. The molecule has 1 aliphatic rings. The fraction of sp³-hybridized carbons (Fsp3) is 0.316. The lowest BCUT2D eigenvalue weighted by atomic mass is 10.1. The highest BCUT2D eigenvalue weighted by atomic mass is 32.2. The largest absolute Gasteiger partial charge is 0.508 e. The highest BCUT2D eigenvalue weighted by Gasteiger charge is 2.37. The third-order valence-electron chi connectivity index (χ3n) is 4.21. The van der Waals surface area contributed by atoms with Gasteiger partial charge in [-0.3, -0.25) is 4.79 Å². The molecule has 0 fully saturated rings. The molecular formula is C19H22N2O3S. The Morgan fingerprint density at radius 2 is 1.80 bits per heavy atom. The van der Waals surface area contributed by atoms with Gasteiger partial charge < -0.3 is 20.0 Å². The highest BCUT2D eigenvalue weighted by molar-refractivity contribution is 7.99. The molecule has 3 rings (SSSR count). The Morgan fingerprint density at radius 3 is 2.48 bits per heavy atom. The van der Waals surface area contributed by atoms with Gasteiger partial charge in [-0.25, -0.2) is 0 Å². The van der Waals surface area contributed by atoms with E-state index >= 15 is 0 Å². The van der Waals surface area contributed by atoms with E-state index in [9.17, 15) is 15.0 Å².